The van der Waals surface area contributed by atoms with Crippen LogP contribution < -0.4 is 5.76 Å². The van der Waals surface area contributed by atoms with Gasteiger partial charge in [-0.2, -0.15) is 0 Å². The van der Waals surface area contributed by atoms with E-state index in [9.17, 15) is 14.4 Å². The molecule has 4 aromatic rings. The second-order valence-electron chi connectivity index (χ2n) is 9.25. The first-order valence-electron chi connectivity index (χ1n) is 12.2. The fraction of sp³-hybridized carbons (Fsp3) is 0.276. The van der Waals surface area contributed by atoms with Crippen LogP contribution in [0.25, 0.3) is 11.1 Å². The number of aromatic amines is 1. The SMILES string of the molecule is O=C(CCN1CCC(C(=O)OCc2ccccc2)(c2ccccc2)CC1)c1ccc2[nH]c(=O)oc2c1. The van der Waals surface area contributed by atoms with Crippen LogP contribution in [0.2, 0.25) is 0 Å². The number of nitrogens with zero attached hydrogens (tertiary/aromatic N) is 1. The molecular weight excluding hydrogens is 456 g/mol. The van der Waals surface area contributed by atoms with Gasteiger partial charge in [0.25, 0.3) is 0 Å². The number of ketones is 1. The Kier molecular flexibility index (Phi) is 6.82. The van der Waals surface area contributed by atoms with Crippen molar-refractivity contribution in [2.45, 2.75) is 31.3 Å². The number of nitrogens with one attached hydrogen (secondary N) is 1. The van der Waals surface area contributed by atoms with Gasteiger partial charge in [-0.15, -0.1) is 0 Å². The van der Waals surface area contributed by atoms with Crippen molar-refractivity contribution in [3.8, 4) is 0 Å². The van der Waals surface area contributed by atoms with Gasteiger partial charge in [-0.1, -0.05) is 60.7 Å². The largest absolute Gasteiger partial charge is 0.460 e. The third kappa shape index (κ3) is 5.02. The minimum Gasteiger partial charge on any atom is -0.460 e. The maximum atomic E-state index is 13.4. The summed E-state index contributed by atoms with van der Waals surface area (Å²) in [4.78, 5) is 42.4. The van der Waals surface area contributed by atoms with E-state index >= 15 is 0 Å². The van der Waals surface area contributed by atoms with Crippen molar-refractivity contribution in [2.24, 2.45) is 0 Å². The number of Topliss-reactive ketones (excluding diaryl/α,β-unsaturated/α-hetero) is 1. The molecule has 3 aromatic carbocycles. The van der Waals surface area contributed by atoms with E-state index in [4.69, 9.17) is 9.15 Å². The fourth-order valence-electron chi connectivity index (χ4n) is 4.91. The molecule has 7 heteroatoms. The normalized spacial score (nSPS) is 15.6. The molecule has 0 bridgehead atoms. The molecule has 1 aromatic heterocycles. The molecule has 0 spiro atoms. The molecular formula is C29H28N2O5. The Bertz CT molecular complexity index is 1400. The van der Waals surface area contributed by atoms with Gasteiger partial charge in [0.1, 0.15) is 6.61 Å². The highest BCUT2D eigenvalue weighted by atomic mass is 16.5. The Balaban J connectivity index is 1.23. The quantitative estimate of drug-likeness (QED) is 0.293. The van der Waals surface area contributed by atoms with Crippen LogP contribution in [-0.2, 0) is 21.6 Å². The highest BCUT2D eigenvalue weighted by Crippen LogP contribution is 2.37. The van der Waals surface area contributed by atoms with Crippen LogP contribution in [0.15, 0.2) is 88.1 Å². The number of hydrogen-bond acceptors (Lipinski definition) is 6. The first-order chi connectivity index (χ1) is 17.5. The monoisotopic (exact) mass is 484 g/mol. The molecule has 0 amide bonds. The highest BCUT2D eigenvalue weighted by molar-refractivity contribution is 5.98. The summed E-state index contributed by atoms with van der Waals surface area (Å²) in [6.07, 6.45) is 1.59. The lowest BCUT2D eigenvalue weighted by molar-refractivity contribution is -0.154. The van der Waals surface area contributed by atoms with E-state index in [1.54, 1.807) is 18.2 Å². The average molecular weight is 485 g/mol. The number of fused-ring (bicyclic) bond motifs is 1. The van der Waals surface area contributed by atoms with E-state index < -0.39 is 11.2 Å². The number of carbonyl (C=O) groups excluding carboxylic acids is 2. The number of rotatable bonds is 8. The van der Waals surface area contributed by atoms with Gasteiger partial charge in [-0.05, 0) is 55.3 Å². The van der Waals surface area contributed by atoms with Gasteiger partial charge in [-0.25, -0.2) is 4.79 Å². The van der Waals surface area contributed by atoms with Crippen molar-refractivity contribution in [2.75, 3.05) is 19.6 Å². The van der Waals surface area contributed by atoms with Crippen LogP contribution in [0.1, 0.15) is 40.7 Å². The van der Waals surface area contributed by atoms with Crippen molar-refractivity contribution < 1.29 is 18.7 Å². The Labute approximate surface area is 208 Å². The molecule has 1 fully saturated rings. The molecule has 1 saturated heterocycles. The number of esters is 1. The zero-order chi connectivity index (χ0) is 25.0. The number of piperidine rings is 1. The number of benzene rings is 3. The van der Waals surface area contributed by atoms with E-state index in [0.29, 0.717) is 55.6 Å². The molecule has 7 nitrogen and oxygen atoms in total. The minimum absolute atomic E-state index is 0.0112. The maximum absolute atomic E-state index is 13.4. The second-order valence-corrected chi connectivity index (χ2v) is 9.25. The molecule has 0 radical (unpaired) electrons. The molecule has 5 rings (SSSR count). The molecule has 0 saturated carbocycles. The number of aromatic nitrogens is 1. The summed E-state index contributed by atoms with van der Waals surface area (Å²) >= 11 is 0. The molecule has 1 aliphatic heterocycles. The highest BCUT2D eigenvalue weighted by Gasteiger charge is 2.44. The van der Waals surface area contributed by atoms with E-state index in [0.717, 1.165) is 11.1 Å². The van der Waals surface area contributed by atoms with Crippen molar-refractivity contribution in [3.05, 3.63) is 106 Å². The topological polar surface area (TPSA) is 92.6 Å². The van der Waals surface area contributed by atoms with Crippen LogP contribution in [-0.4, -0.2) is 41.3 Å². The summed E-state index contributed by atoms with van der Waals surface area (Å²) in [7, 11) is 0. The van der Waals surface area contributed by atoms with Crippen molar-refractivity contribution >= 4 is 22.9 Å². The Morgan fingerprint density at radius 2 is 1.64 bits per heavy atom. The van der Waals surface area contributed by atoms with Crippen LogP contribution in [0.3, 0.4) is 0 Å². The molecule has 36 heavy (non-hydrogen) atoms. The van der Waals surface area contributed by atoms with E-state index in [-0.39, 0.29) is 18.4 Å². The van der Waals surface area contributed by atoms with Gasteiger partial charge >= 0.3 is 11.7 Å². The number of likely N-dealkylation sites (tertiary alicyclic amines) is 1. The predicted molar refractivity (Wildman–Crippen MR) is 136 cm³/mol. The summed E-state index contributed by atoms with van der Waals surface area (Å²) < 4.78 is 10.9. The number of oxazole rings is 1. The Morgan fingerprint density at radius 1 is 0.944 bits per heavy atom. The molecule has 2 heterocycles. The third-order valence-electron chi connectivity index (χ3n) is 7.04. The number of H-pyrrole nitrogens is 1. The predicted octanol–water partition coefficient (Wildman–Crippen LogP) is 4.47. The van der Waals surface area contributed by atoms with Gasteiger partial charge in [0.15, 0.2) is 11.4 Å². The summed E-state index contributed by atoms with van der Waals surface area (Å²) in [6.45, 7) is 2.22. The first-order valence-corrected chi connectivity index (χ1v) is 12.2. The number of carbonyl (C=O) groups is 2. The number of ether oxygens (including phenoxy) is 1. The third-order valence-corrected chi connectivity index (χ3v) is 7.04. The van der Waals surface area contributed by atoms with Crippen LogP contribution in [0.4, 0.5) is 0 Å². The first kappa shape index (κ1) is 23.8. The number of hydrogen-bond donors (Lipinski definition) is 1. The van der Waals surface area contributed by atoms with Gasteiger partial charge in [0.05, 0.1) is 10.9 Å². The summed E-state index contributed by atoms with van der Waals surface area (Å²) in [5.74, 6) is -0.746. The summed E-state index contributed by atoms with van der Waals surface area (Å²) in [5, 5.41) is 0. The average Bonchev–Trinajstić information content (AvgIpc) is 3.31. The van der Waals surface area contributed by atoms with Crippen LogP contribution in [0.5, 0.6) is 0 Å². The molecule has 0 aliphatic carbocycles. The van der Waals surface area contributed by atoms with Gasteiger partial charge in [-0.3, -0.25) is 14.6 Å². The standard InChI is InChI=1S/C29H28N2O5/c32-25(22-11-12-24-26(19-22)36-28(34)30-24)13-16-31-17-14-29(15-18-31,23-9-5-2-6-10-23)27(33)35-20-21-7-3-1-4-8-21/h1-12,19H,13-18,20H2,(H,30,34). The molecule has 184 valence electrons. The summed E-state index contributed by atoms with van der Waals surface area (Å²) in [5.41, 5.74) is 2.70. The van der Waals surface area contributed by atoms with Crippen molar-refractivity contribution in [1.82, 2.24) is 9.88 Å². The lowest BCUT2D eigenvalue weighted by atomic mass is 9.72. The zero-order valence-corrected chi connectivity index (χ0v) is 19.9. The van der Waals surface area contributed by atoms with Gasteiger partial charge in [0, 0.05) is 18.5 Å². The lowest BCUT2D eigenvalue weighted by Crippen LogP contribution is -2.48. The van der Waals surface area contributed by atoms with Crippen molar-refractivity contribution in [3.63, 3.8) is 0 Å². The van der Waals surface area contributed by atoms with Gasteiger partial charge in [0.2, 0.25) is 0 Å². The van der Waals surface area contributed by atoms with E-state index in [2.05, 4.69) is 9.88 Å². The van der Waals surface area contributed by atoms with Crippen molar-refractivity contribution in [1.29, 1.82) is 0 Å². The van der Waals surface area contributed by atoms with E-state index in [1.165, 1.54) is 0 Å². The Morgan fingerprint density at radius 3 is 2.36 bits per heavy atom. The van der Waals surface area contributed by atoms with Gasteiger partial charge < -0.3 is 14.1 Å². The van der Waals surface area contributed by atoms with Crippen LogP contribution >= 0.6 is 0 Å². The lowest BCUT2D eigenvalue weighted by Gasteiger charge is -2.40. The molecule has 1 aliphatic rings. The fourth-order valence-corrected chi connectivity index (χ4v) is 4.91. The molecule has 1 N–H and O–H groups in total. The minimum atomic E-state index is -0.701. The zero-order valence-electron chi connectivity index (χ0n) is 19.9. The smallest absolute Gasteiger partial charge is 0.417 e. The second kappa shape index (κ2) is 10.3. The van der Waals surface area contributed by atoms with Crippen LogP contribution in [0, 0.1) is 0 Å². The maximum Gasteiger partial charge on any atom is 0.417 e. The summed E-state index contributed by atoms with van der Waals surface area (Å²) in [6, 6.07) is 24.5. The Hall–Kier alpha value is -3.97. The van der Waals surface area contributed by atoms with E-state index in [1.807, 2.05) is 60.7 Å². The molecule has 0 atom stereocenters. The molecule has 0 unspecified atom stereocenters.